The molecule has 0 spiro atoms. The van der Waals surface area contributed by atoms with Crippen molar-refractivity contribution in [3.63, 3.8) is 0 Å². The molecule has 0 radical (unpaired) electrons. The number of nitrogens with zero attached hydrogens (tertiary/aromatic N) is 3. The molecule has 1 aliphatic carbocycles. The maximum atomic E-state index is 12.6. The van der Waals surface area contributed by atoms with Gasteiger partial charge in [0.2, 0.25) is 11.8 Å². The number of carbonyl (C=O) groups is 2. The van der Waals surface area contributed by atoms with Gasteiger partial charge in [-0.25, -0.2) is 0 Å². The van der Waals surface area contributed by atoms with Gasteiger partial charge >= 0.3 is 0 Å². The smallest absolute Gasteiger partial charge is 0.234 e. The van der Waals surface area contributed by atoms with Crippen LogP contribution in [-0.2, 0) is 16.1 Å². The summed E-state index contributed by atoms with van der Waals surface area (Å²) in [7, 11) is 0. The van der Waals surface area contributed by atoms with E-state index < -0.39 is 0 Å². The molecule has 3 fully saturated rings. The van der Waals surface area contributed by atoms with Gasteiger partial charge in [-0.2, -0.15) is 0 Å². The molecule has 140 valence electrons. The highest BCUT2D eigenvalue weighted by atomic mass is 16.2. The van der Waals surface area contributed by atoms with Crippen LogP contribution in [0.15, 0.2) is 24.3 Å². The van der Waals surface area contributed by atoms with Gasteiger partial charge in [-0.05, 0) is 25.3 Å². The minimum atomic E-state index is -0.0288. The molecule has 1 saturated carbocycles. The van der Waals surface area contributed by atoms with Crippen LogP contribution in [0.1, 0.15) is 36.8 Å². The Balaban J connectivity index is 1.30. The molecule has 26 heavy (non-hydrogen) atoms. The van der Waals surface area contributed by atoms with E-state index in [0.29, 0.717) is 6.67 Å². The molecule has 0 aromatic heterocycles. The molecule has 5 heteroatoms. The number of imide groups is 1. The van der Waals surface area contributed by atoms with Crippen LogP contribution in [0.25, 0.3) is 0 Å². The highest BCUT2D eigenvalue weighted by Gasteiger charge is 2.48. The number of amides is 2. The number of hydrogen-bond acceptors (Lipinski definition) is 4. The third kappa shape index (κ3) is 3.55. The molecule has 0 bridgehead atoms. The highest BCUT2D eigenvalue weighted by molar-refractivity contribution is 6.05. The number of hydrogen-bond donors (Lipinski definition) is 0. The average Bonchev–Trinajstić information content (AvgIpc) is 2.89. The number of benzene rings is 1. The molecule has 4 rings (SSSR count). The summed E-state index contributed by atoms with van der Waals surface area (Å²) in [5.74, 6) is 0.112. The average molecular weight is 355 g/mol. The molecule has 0 unspecified atom stereocenters. The molecule has 2 aliphatic heterocycles. The first-order chi connectivity index (χ1) is 12.6. The quantitative estimate of drug-likeness (QED) is 0.777. The Bertz CT molecular complexity index is 658. The molecule has 1 aromatic carbocycles. The molecule has 2 heterocycles. The Labute approximate surface area is 155 Å². The van der Waals surface area contributed by atoms with Crippen molar-refractivity contribution in [1.29, 1.82) is 0 Å². The number of fused-ring (bicyclic) bond motifs is 1. The SMILES string of the molecule is Cc1cccc(CN2CCN(CN3C(=O)[C@H]4CCCC[C@@H]4C3=O)CC2)c1. The maximum Gasteiger partial charge on any atom is 0.234 e. The summed E-state index contributed by atoms with van der Waals surface area (Å²) < 4.78 is 0. The van der Waals surface area contributed by atoms with Crippen molar-refractivity contribution in [3.8, 4) is 0 Å². The number of likely N-dealkylation sites (tertiary alicyclic amines) is 1. The van der Waals surface area contributed by atoms with Gasteiger partial charge in [0.05, 0.1) is 18.5 Å². The van der Waals surface area contributed by atoms with E-state index in [0.717, 1.165) is 58.4 Å². The van der Waals surface area contributed by atoms with Crippen LogP contribution in [0.3, 0.4) is 0 Å². The van der Waals surface area contributed by atoms with Gasteiger partial charge in [0.1, 0.15) is 0 Å². The zero-order chi connectivity index (χ0) is 18.1. The lowest BCUT2D eigenvalue weighted by Gasteiger charge is -2.36. The van der Waals surface area contributed by atoms with Gasteiger partial charge in [0.15, 0.2) is 0 Å². The summed E-state index contributed by atoms with van der Waals surface area (Å²) in [5, 5.41) is 0. The summed E-state index contributed by atoms with van der Waals surface area (Å²) in [6, 6.07) is 8.67. The Hall–Kier alpha value is -1.72. The minimum absolute atomic E-state index is 0.0288. The van der Waals surface area contributed by atoms with Gasteiger partial charge in [0, 0.05) is 32.7 Å². The van der Waals surface area contributed by atoms with Crippen molar-refractivity contribution < 1.29 is 9.59 Å². The number of rotatable bonds is 4. The summed E-state index contributed by atoms with van der Waals surface area (Å²) >= 11 is 0. The fourth-order valence-electron chi connectivity index (χ4n) is 4.73. The maximum absolute atomic E-state index is 12.6. The predicted molar refractivity (Wildman–Crippen MR) is 100 cm³/mol. The van der Waals surface area contributed by atoms with Crippen LogP contribution < -0.4 is 0 Å². The van der Waals surface area contributed by atoms with Crippen molar-refractivity contribution in [2.75, 3.05) is 32.8 Å². The van der Waals surface area contributed by atoms with Crippen molar-refractivity contribution >= 4 is 11.8 Å². The lowest BCUT2D eigenvalue weighted by molar-refractivity contribution is -0.142. The topological polar surface area (TPSA) is 43.9 Å². The largest absolute Gasteiger partial charge is 0.297 e. The monoisotopic (exact) mass is 355 g/mol. The summed E-state index contributed by atoms with van der Waals surface area (Å²) in [6.45, 7) is 7.39. The van der Waals surface area contributed by atoms with E-state index in [1.54, 1.807) is 4.90 Å². The van der Waals surface area contributed by atoms with E-state index in [4.69, 9.17) is 0 Å². The predicted octanol–water partition coefficient (Wildman–Crippen LogP) is 2.25. The summed E-state index contributed by atoms with van der Waals surface area (Å²) in [6.07, 6.45) is 3.98. The van der Waals surface area contributed by atoms with Crippen LogP contribution in [0.4, 0.5) is 0 Å². The lowest BCUT2D eigenvalue weighted by Crippen LogP contribution is -2.51. The first-order valence-electron chi connectivity index (χ1n) is 9.97. The zero-order valence-electron chi connectivity index (χ0n) is 15.7. The Kier molecular flexibility index (Phi) is 5.09. The van der Waals surface area contributed by atoms with Crippen molar-refractivity contribution in [2.24, 2.45) is 11.8 Å². The van der Waals surface area contributed by atoms with Gasteiger partial charge in [0.25, 0.3) is 0 Å². The van der Waals surface area contributed by atoms with Crippen LogP contribution in [0.5, 0.6) is 0 Å². The van der Waals surface area contributed by atoms with E-state index in [1.807, 2.05) is 0 Å². The first-order valence-corrected chi connectivity index (χ1v) is 9.97. The fraction of sp³-hybridized carbons (Fsp3) is 0.619. The lowest BCUT2D eigenvalue weighted by atomic mass is 9.81. The second-order valence-electron chi connectivity index (χ2n) is 8.13. The normalized spacial score (nSPS) is 27.8. The van der Waals surface area contributed by atoms with Crippen molar-refractivity contribution in [1.82, 2.24) is 14.7 Å². The molecular weight excluding hydrogens is 326 g/mol. The van der Waals surface area contributed by atoms with Gasteiger partial charge in [-0.3, -0.25) is 24.3 Å². The highest BCUT2D eigenvalue weighted by Crippen LogP contribution is 2.38. The number of aryl methyl sites for hydroxylation is 1. The van der Waals surface area contributed by atoms with Gasteiger partial charge < -0.3 is 0 Å². The Morgan fingerprint density at radius 1 is 0.923 bits per heavy atom. The summed E-state index contributed by atoms with van der Waals surface area (Å²) in [5.41, 5.74) is 2.65. The molecule has 2 amide bonds. The Morgan fingerprint density at radius 2 is 1.54 bits per heavy atom. The van der Waals surface area contributed by atoms with Crippen LogP contribution in [0.2, 0.25) is 0 Å². The first kappa shape index (κ1) is 17.7. The third-order valence-electron chi connectivity index (χ3n) is 6.23. The summed E-state index contributed by atoms with van der Waals surface area (Å²) in [4.78, 5) is 31.5. The van der Waals surface area contributed by atoms with Crippen LogP contribution >= 0.6 is 0 Å². The second-order valence-corrected chi connectivity index (χ2v) is 8.13. The van der Waals surface area contributed by atoms with Gasteiger partial charge in [-0.1, -0.05) is 42.7 Å². The molecule has 5 nitrogen and oxygen atoms in total. The van der Waals surface area contributed by atoms with Crippen LogP contribution in [0, 0.1) is 18.8 Å². The van der Waals surface area contributed by atoms with E-state index >= 15 is 0 Å². The minimum Gasteiger partial charge on any atom is -0.297 e. The Morgan fingerprint density at radius 3 is 2.15 bits per heavy atom. The van der Waals surface area contributed by atoms with Gasteiger partial charge in [-0.15, -0.1) is 0 Å². The zero-order valence-corrected chi connectivity index (χ0v) is 15.7. The van der Waals surface area contributed by atoms with Crippen molar-refractivity contribution in [3.05, 3.63) is 35.4 Å². The molecular formula is C21H29N3O2. The number of piperazine rings is 1. The molecule has 1 aromatic rings. The third-order valence-corrected chi connectivity index (χ3v) is 6.23. The fourth-order valence-corrected chi connectivity index (χ4v) is 4.73. The molecule has 0 N–H and O–H groups in total. The second kappa shape index (κ2) is 7.49. The number of carbonyl (C=O) groups excluding carboxylic acids is 2. The van der Waals surface area contributed by atoms with E-state index in [2.05, 4.69) is 41.0 Å². The van der Waals surface area contributed by atoms with E-state index in [9.17, 15) is 9.59 Å². The standard InChI is InChI=1S/C21H29N3O2/c1-16-5-4-6-17(13-16)14-22-9-11-23(12-10-22)15-24-20(25)18-7-2-3-8-19(18)21(24)26/h4-6,13,18-19H,2-3,7-12,14-15H2,1H3/t18-,19-/m0/s1. The molecule has 2 atom stereocenters. The molecule has 2 saturated heterocycles. The molecule has 3 aliphatic rings. The van der Waals surface area contributed by atoms with E-state index in [1.165, 1.54) is 11.1 Å². The van der Waals surface area contributed by atoms with Crippen molar-refractivity contribution in [2.45, 2.75) is 39.2 Å². The van der Waals surface area contributed by atoms with E-state index in [-0.39, 0.29) is 23.7 Å². The van der Waals surface area contributed by atoms with Crippen LogP contribution in [-0.4, -0.2) is 59.4 Å².